The minimum atomic E-state index is 0.295. The number of hydrogen-bond acceptors (Lipinski definition) is 5. The van der Waals surface area contributed by atoms with Crippen LogP contribution in [0.2, 0.25) is 0 Å². The van der Waals surface area contributed by atoms with Gasteiger partial charge in [-0.3, -0.25) is 14.6 Å². The van der Waals surface area contributed by atoms with Crippen molar-refractivity contribution in [2.45, 2.75) is 12.8 Å². The first-order valence-electron chi connectivity index (χ1n) is 9.19. The van der Waals surface area contributed by atoms with Crippen molar-refractivity contribution in [1.82, 2.24) is 19.6 Å². The number of carbonyl (C=O) groups excluding carboxylic acids is 1. The van der Waals surface area contributed by atoms with Crippen LogP contribution in [0.5, 0.6) is 0 Å². The Morgan fingerprint density at radius 3 is 2.43 bits per heavy atom. The quantitative estimate of drug-likeness (QED) is 0.716. The van der Waals surface area contributed by atoms with Gasteiger partial charge >= 0.3 is 0 Å². The van der Waals surface area contributed by atoms with Gasteiger partial charge in [-0.05, 0) is 32.4 Å². The molecule has 3 heterocycles. The first-order valence-corrected chi connectivity index (χ1v) is 9.19. The molecule has 1 amide bonds. The van der Waals surface area contributed by atoms with Crippen LogP contribution in [0.3, 0.4) is 0 Å². The van der Waals surface area contributed by atoms with E-state index in [2.05, 4.69) is 26.6 Å². The van der Waals surface area contributed by atoms with Crippen LogP contribution in [-0.2, 0) is 9.53 Å². The molecule has 0 radical (unpaired) electrons. The predicted octanol–water partition coefficient (Wildman–Crippen LogP) is -0.195. The summed E-state index contributed by atoms with van der Waals surface area (Å²) in [6.07, 6.45) is 2.69. The van der Waals surface area contributed by atoms with E-state index in [1.165, 1.54) is 32.5 Å². The molecule has 0 spiro atoms. The smallest absolute Gasteiger partial charge is 0.236 e. The average molecular weight is 324 g/mol. The van der Waals surface area contributed by atoms with Crippen molar-refractivity contribution in [1.29, 1.82) is 0 Å². The summed E-state index contributed by atoms with van der Waals surface area (Å²) < 4.78 is 5.34. The van der Waals surface area contributed by atoms with Crippen molar-refractivity contribution in [3.63, 3.8) is 0 Å². The monoisotopic (exact) mass is 324 g/mol. The van der Waals surface area contributed by atoms with E-state index in [1.54, 1.807) is 0 Å². The van der Waals surface area contributed by atoms with Crippen molar-refractivity contribution < 1.29 is 9.53 Å². The molecule has 0 N–H and O–H groups in total. The SMILES string of the molecule is CN1CCC[C@H](CN2CCN(C(=O)CN3CCOCC3)CC2)C1. The fourth-order valence-electron chi connectivity index (χ4n) is 4.02. The molecule has 132 valence electrons. The highest BCUT2D eigenvalue weighted by molar-refractivity contribution is 5.78. The Hall–Kier alpha value is -0.690. The molecule has 23 heavy (non-hydrogen) atoms. The fourth-order valence-corrected chi connectivity index (χ4v) is 4.02. The Labute approximate surface area is 140 Å². The van der Waals surface area contributed by atoms with Crippen LogP contribution in [-0.4, -0.2) is 111 Å². The third-order valence-electron chi connectivity index (χ3n) is 5.43. The summed E-state index contributed by atoms with van der Waals surface area (Å²) in [5.41, 5.74) is 0. The van der Waals surface area contributed by atoms with Crippen molar-refractivity contribution in [2.75, 3.05) is 85.7 Å². The van der Waals surface area contributed by atoms with Gasteiger partial charge in [0.1, 0.15) is 0 Å². The number of rotatable bonds is 4. The Kier molecular flexibility index (Phi) is 6.28. The van der Waals surface area contributed by atoms with Gasteiger partial charge in [-0.2, -0.15) is 0 Å². The molecule has 0 bridgehead atoms. The number of likely N-dealkylation sites (tertiary alicyclic amines) is 1. The number of piperazine rings is 1. The highest BCUT2D eigenvalue weighted by atomic mass is 16.5. The second-order valence-corrected chi connectivity index (χ2v) is 7.34. The Bertz CT molecular complexity index is 379. The fraction of sp³-hybridized carbons (Fsp3) is 0.941. The van der Waals surface area contributed by atoms with Gasteiger partial charge in [0, 0.05) is 52.4 Å². The zero-order valence-electron chi connectivity index (χ0n) is 14.6. The molecule has 3 aliphatic heterocycles. The molecule has 0 unspecified atom stereocenters. The van der Waals surface area contributed by atoms with Gasteiger partial charge in [-0.25, -0.2) is 0 Å². The second kappa shape index (κ2) is 8.42. The van der Waals surface area contributed by atoms with E-state index in [0.29, 0.717) is 12.5 Å². The van der Waals surface area contributed by atoms with Crippen LogP contribution in [0.4, 0.5) is 0 Å². The Morgan fingerprint density at radius 1 is 1.00 bits per heavy atom. The predicted molar refractivity (Wildman–Crippen MR) is 90.5 cm³/mol. The lowest BCUT2D eigenvalue weighted by molar-refractivity contribution is -0.135. The van der Waals surface area contributed by atoms with Gasteiger partial charge in [0.2, 0.25) is 5.91 Å². The molecule has 0 saturated carbocycles. The lowest BCUT2D eigenvalue weighted by Crippen LogP contribution is -2.53. The molecule has 0 aromatic rings. The van der Waals surface area contributed by atoms with E-state index in [0.717, 1.165) is 58.4 Å². The maximum Gasteiger partial charge on any atom is 0.236 e. The number of amides is 1. The van der Waals surface area contributed by atoms with Gasteiger partial charge in [0.15, 0.2) is 0 Å². The summed E-state index contributed by atoms with van der Waals surface area (Å²) in [7, 11) is 2.23. The molecule has 3 rings (SSSR count). The van der Waals surface area contributed by atoms with E-state index < -0.39 is 0 Å². The number of carbonyl (C=O) groups is 1. The van der Waals surface area contributed by atoms with Gasteiger partial charge in [-0.15, -0.1) is 0 Å². The molecule has 1 atom stereocenters. The van der Waals surface area contributed by atoms with E-state index >= 15 is 0 Å². The van der Waals surface area contributed by atoms with Gasteiger partial charge in [0.25, 0.3) is 0 Å². The minimum absolute atomic E-state index is 0.295. The van der Waals surface area contributed by atoms with Crippen LogP contribution in [0.25, 0.3) is 0 Å². The van der Waals surface area contributed by atoms with Crippen LogP contribution >= 0.6 is 0 Å². The van der Waals surface area contributed by atoms with Gasteiger partial charge in [-0.1, -0.05) is 0 Å². The number of hydrogen-bond donors (Lipinski definition) is 0. The molecule has 0 aliphatic carbocycles. The third-order valence-corrected chi connectivity index (χ3v) is 5.43. The first-order chi connectivity index (χ1) is 11.2. The van der Waals surface area contributed by atoms with Crippen LogP contribution in [0.15, 0.2) is 0 Å². The zero-order chi connectivity index (χ0) is 16.1. The maximum atomic E-state index is 12.4. The van der Waals surface area contributed by atoms with Crippen molar-refractivity contribution >= 4 is 5.91 Å². The Morgan fingerprint density at radius 2 is 1.74 bits per heavy atom. The molecule has 3 fully saturated rings. The summed E-state index contributed by atoms with van der Waals surface area (Å²) in [6.45, 7) is 11.4. The van der Waals surface area contributed by atoms with Gasteiger partial charge < -0.3 is 14.5 Å². The van der Waals surface area contributed by atoms with E-state index in [4.69, 9.17) is 4.74 Å². The third kappa shape index (κ3) is 5.14. The molecule has 0 aromatic carbocycles. The summed E-state index contributed by atoms with van der Waals surface area (Å²) in [4.78, 5) is 21.7. The first kappa shape index (κ1) is 17.1. The van der Waals surface area contributed by atoms with Crippen molar-refractivity contribution in [3.05, 3.63) is 0 Å². The largest absolute Gasteiger partial charge is 0.379 e. The van der Waals surface area contributed by atoms with Crippen LogP contribution in [0.1, 0.15) is 12.8 Å². The van der Waals surface area contributed by atoms with Crippen molar-refractivity contribution in [3.8, 4) is 0 Å². The number of nitrogens with zero attached hydrogens (tertiary/aromatic N) is 4. The van der Waals surface area contributed by atoms with Gasteiger partial charge in [0.05, 0.1) is 19.8 Å². The lowest BCUT2D eigenvalue weighted by atomic mass is 9.97. The van der Waals surface area contributed by atoms with E-state index in [1.807, 2.05) is 0 Å². The summed E-state index contributed by atoms with van der Waals surface area (Å²) >= 11 is 0. The summed E-state index contributed by atoms with van der Waals surface area (Å²) in [5.74, 6) is 1.10. The summed E-state index contributed by atoms with van der Waals surface area (Å²) in [6, 6.07) is 0. The molecular weight excluding hydrogens is 292 g/mol. The summed E-state index contributed by atoms with van der Waals surface area (Å²) in [5, 5.41) is 0. The highest BCUT2D eigenvalue weighted by Crippen LogP contribution is 2.17. The van der Waals surface area contributed by atoms with Crippen molar-refractivity contribution in [2.24, 2.45) is 5.92 Å². The molecular formula is C17H32N4O2. The van der Waals surface area contributed by atoms with E-state index in [-0.39, 0.29) is 0 Å². The molecule has 6 nitrogen and oxygen atoms in total. The topological polar surface area (TPSA) is 39.3 Å². The van der Waals surface area contributed by atoms with Crippen LogP contribution < -0.4 is 0 Å². The molecule has 3 aliphatic rings. The zero-order valence-corrected chi connectivity index (χ0v) is 14.6. The molecule has 0 aromatic heterocycles. The number of piperidine rings is 1. The Balaban J connectivity index is 1.36. The molecule has 6 heteroatoms. The standard InChI is InChI=1S/C17H32N4O2/c1-18-4-2-3-16(13-18)14-19-5-7-21(8-6-19)17(22)15-20-9-11-23-12-10-20/h16H,2-15H2,1H3/t16-/m0/s1. The van der Waals surface area contributed by atoms with Crippen LogP contribution in [0, 0.1) is 5.92 Å². The minimum Gasteiger partial charge on any atom is -0.379 e. The van der Waals surface area contributed by atoms with E-state index in [9.17, 15) is 4.79 Å². The lowest BCUT2D eigenvalue weighted by Gasteiger charge is -2.39. The highest BCUT2D eigenvalue weighted by Gasteiger charge is 2.26. The second-order valence-electron chi connectivity index (χ2n) is 7.34. The number of ether oxygens (including phenoxy) is 1. The maximum absolute atomic E-state index is 12.4. The number of morpholine rings is 1. The molecule has 3 saturated heterocycles. The normalized spacial score (nSPS) is 28.9. The average Bonchev–Trinajstić information content (AvgIpc) is 2.56.